The molecule has 0 fully saturated rings. The third-order valence-electron chi connectivity index (χ3n) is 3.83. The van der Waals surface area contributed by atoms with Gasteiger partial charge < -0.3 is 0 Å². The van der Waals surface area contributed by atoms with Crippen LogP contribution in [0.25, 0.3) is 11.1 Å². The third-order valence-corrected chi connectivity index (χ3v) is 4.94. The largest absolute Gasteiger partial charge is 0.224 e. The number of hydrogen-bond donors (Lipinski definition) is 0. The molecule has 0 atom stereocenters. The summed E-state index contributed by atoms with van der Waals surface area (Å²) in [6.45, 7) is 0. The van der Waals surface area contributed by atoms with Crippen LogP contribution in [0.3, 0.4) is 0 Å². The van der Waals surface area contributed by atoms with Crippen molar-refractivity contribution in [3.8, 4) is 0 Å². The molecule has 1 aliphatic rings. The summed E-state index contributed by atoms with van der Waals surface area (Å²) >= 11 is 0. The molecule has 24 heavy (non-hydrogen) atoms. The van der Waals surface area contributed by atoms with Crippen molar-refractivity contribution in [2.24, 2.45) is 0 Å². The third kappa shape index (κ3) is 3.01. The van der Waals surface area contributed by atoms with Crippen molar-refractivity contribution < 1.29 is 21.6 Å². The molecule has 2 aromatic rings. The molecule has 0 N–H and O–H groups in total. The Bertz CT molecular complexity index is 972. The summed E-state index contributed by atoms with van der Waals surface area (Å²) in [5.41, 5.74) is 1.86. The molecule has 2 aromatic carbocycles. The van der Waals surface area contributed by atoms with E-state index in [4.69, 9.17) is 0 Å². The van der Waals surface area contributed by atoms with Crippen molar-refractivity contribution in [2.45, 2.75) is 11.3 Å². The van der Waals surface area contributed by atoms with E-state index in [2.05, 4.69) is 0 Å². The smallest absolute Gasteiger partial charge is 0.178 e. The van der Waals surface area contributed by atoms with Crippen LogP contribution in [-0.4, -0.2) is 14.7 Å². The molecule has 6 heteroatoms. The Morgan fingerprint density at radius 3 is 2.25 bits per heavy atom. The number of sulfone groups is 1. The van der Waals surface area contributed by atoms with E-state index in [1.807, 2.05) is 0 Å². The van der Waals surface area contributed by atoms with E-state index in [0.29, 0.717) is 29.2 Å². The Labute approximate surface area is 137 Å². The van der Waals surface area contributed by atoms with Crippen LogP contribution in [0.5, 0.6) is 0 Å². The molecule has 0 bridgehead atoms. The van der Waals surface area contributed by atoms with Crippen LogP contribution in [0.15, 0.2) is 53.4 Å². The Balaban J connectivity index is 2.16. The minimum atomic E-state index is -3.86. The molecule has 0 saturated heterocycles. The maximum atomic E-state index is 14.4. The first-order valence-corrected chi connectivity index (χ1v) is 9.01. The minimum absolute atomic E-state index is 0.00391. The Kier molecular flexibility index (Phi) is 4.09. The van der Waals surface area contributed by atoms with Crippen molar-refractivity contribution in [1.82, 2.24) is 0 Å². The van der Waals surface area contributed by atoms with Gasteiger partial charge in [0.25, 0.3) is 0 Å². The molecule has 3 rings (SSSR count). The lowest BCUT2D eigenvalue weighted by molar-refractivity contribution is 0.554. The lowest BCUT2D eigenvalue weighted by Gasteiger charge is -2.11. The highest BCUT2D eigenvalue weighted by Gasteiger charge is 2.22. The fourth-order valence-corrected chi connectivity index (χ4v) is 3.43. The van der Waals surface area contributed by atoms with Gasteiger partial charge in [-0.05, 0) is 47.4 Å². The van der Waals surface area contributed by atoms with Gasteiger partial charge in [0.15, 0.2) is 9.84 Å². The van der Waals surface area contributed by atoms with Gasteiger partial charge in [-0.3, -0.25) is 0 Å². The normalized spacial score (nSPS) is 14.5. The first-order chi connectivity index (χ1) is 11.3. The van der Waals surface area contributed by atoms with Crippen molar-refractivity contribution in [1.29, 1.82) is 0 Å². The number of rotatable bonds is 3. The standard InChI is InChI=1S/C18H13F3O2S/c1-24(22,23)18-10-16(20)15(9-17(18)21)14-4-2-3-13(14)11-5-7-12(19)8-6-11/h2-3,5-10H,4H2,1H3. The zero-order valence-electron chi connectivity index (χ0n) is 12.7. The Morgan fingerprint density at radius 2 is 1.62 bits per heavy atom. The summed E-state index contributed by atoms with van der Waals surface area (Å²) in [4.78, 5) is -0.668. The summed E-state index contributed by atoms with van der Waals surface area (Å²) in [7, 11) is -3.86. The number of halogens is 3. The summed E-state index contributed by atoms with van der Waals surface area (Å²) < 4.78 is 64.6. The van der Waals surface area contributed by atoms with Gasteiger partial charge in [-0.1, -0.05) is 24.3 Å². The zero-order chi connectivity index (χ0) is 17.5. The fraction of sp³-hybridized carbons (Fsp3) is 0.111. The molecule has 0 aromatic heterocycles. The molecular formula is C18H13F3O2S. The second kappa shape index (κ2) is 5.94. The quantitative estimate of drug-likeness (QED) is 0.823. The fourth-order valence-electron chi connectivity index (χ4n) is 2.70. The average Bonchev–Trinajstić information content (AvgIpc) is 2.98. The van der Waals surface area contributed by atoms with E-state index in [1.165, 1.54) is 12.1 Å². The topological polar surface area (TPSA) is 34.1 Å². The van der Waals surface area contributed by atoms with E-state index in [1.54, 1.807) is 24.3 Å². The van der Waals surface area contributed by atoms with Crippen LogP contribution in [0.2, 0.25) is 0 Å². The molecule has 124 valence electrons. The van der Waals surface area contributed by atoms with Crippen molar-refractivity contribution >= 4 is 21.0 Å². The van der Waals surface area contributed by atoms with Gasteiger partial charge in [-0.2, -0.15) is 0 Å². The lowest BCUT2D eigenvalue weighted by Crippen LogP contribution is -2.04. The molecule has 0 unspecified atom stereocenters. The molecule has 2 nitrogen and oxygen atoms in total. The van der Waals surface area contributed by atoms with Gasteiger partial charge in [0.2, 0.25) is 0 Å². The highest BCUT2D eigenvalue weighted by Crippen LogP contribution is 2.37. The zero-order valence-corrected chi connectivity index (χ0v) is 13.5. The van der Waals surface area contributed by atoms with Crippen LogP contribution in [0.4, 0.5) is 13.2 Å². The second-order valence-corrected chi connectivity index (χ2v) is 7.52. The van der Waals surface area contributed by atoms with Crippen LogP contribution < -0.4 is 0 Å². The summed E-state index contributed by atoms with van der Waals surface area (Å²) in [5, 5.41) is 0. The first kappa shape index (κ1) is 16.5. The summed E-state index contributed by atoms with van der Waals surface area (Å²) in [6, 6.07) is 7.29. The number of hydrogen-bond acceptors (Lipinski definition) is 2. The van der Waals surface area contributed by atoms with E-state index in [9.17, 15) is 21.6 Å². The van der Waals surface area contributed by atoms with Gasteiger partial charge >= 0.3 is 0 Å². The highest BCUT2D eigenvalue weighted by molar-refractivity contribution is 7.90. The van der Waals surface area contributed by atoms with Crippen LogP contribution in [0.1, 0.15) is 17.5 Å². The van der Waals surface area contributed by atoms with E-state index in [-0.39, 0.29) is 5.56 Å². The van der Waals surface area contributed by atoms with Crippen LogP contribution >= 0.6 is 0 Å². The van der Waals surface area contributed by atoms with Gasteiger partial charge in [0.05, 0.1) is 0 Å². The highest BCUT2D eigenvalue weighted by atomic mass is 32.2. The molecular weight excluding hydrogens is 337 g/mol. The lowest BCUT2D eigenvalue weighted by atomic mass is 9.96. The van der Waals surface area contributed by atoms with Crippen molar-refractivity contribution in [3.05, 3.63) is 77.1 Å². The van der Waals surface area contributed by atoms with E-state index >= 15 is 0 Å². The SMILES string of the molecule is CS(=O)(=O)c1cc(F)c(C2=C(c3ccc(F)cc3)C=CC2)cc1F. The monoisotopic (exact) mass is 350 g/mol. The minimum Gasteiger partial charge on any atom is -0.224 e. The van der Waals surface area contributed by atoms with E-state index in [0.717, 1.165) is 12.3 Å². The van der Waals surface area contributed by atoms with Gasteiger partial charge in [0.1, 0.15) is 22.3 Å². The van der Waals surface area contributed by atoms with Crippen molar-refractivity contribution in [3.63, 3.8) is 0 Å². The van der Waals surface area contributed by atoms with Crippen LogP contribution in [0, 0.1) is 17.5 Å². The Morgan fingerprint density at radius 1 is 0.958 bits per heavy atom. The summed E-state index contributed by atoms with van der Waals surface area (Å²) in [6.07, 6.45) is 4.74. The maximum absolute atomic E-state index is 14.4. The van der Waals surface area contributed by atoms with Crippen molar-refractivity contribution in [2.75, 3.05) is 6.26 Å². The molecule has 1 aliphatic carbocycles. The molecule has 0 spiro atoms. The second-order valence-electron chi connectivity index (χ2n) is 5.54. The van der Waals surface area contributed by atoms with Crippen LogP contribution in [-0.2, 0) is 9.84 Å². The predicted octanol–water partition coefficient (Wildman–Crippen LogP) is 4.38. The molecule has 0 aliphatic heterocycles. The van der Waals surface area contributed by atoms with Gasteiger partial charge in [-0.25, -0.2) is 21.6 Å². The number of benzene rings is 2. The molecule has 0 saturated carbocycles. The summed E-state index contributed by atoms with van der Waals surface area (Å²) in [5.74, 6) is -2.19. The first-order valence-electron chi connectivity index (χ1n) is 7.12. The van der Waals surface area contributed by atoms with Gasteiger partial charge in [0, 0.05) is 11.8 Å². The van der Waals surface area contributed by atoms with Gasteiger partial charge in [-0.15, -0.1) is 0 Å². The predicted molar refractivity (Wildman–Crippen MR) is 86.4 cm³/mol. The van der Waals surface area contributed by atoms with E-state index < -0.39 is 32.2 Å². The molecule has 0 heterocycles. The molecule has 0 radical (unpaired) electrons. The Hall–Kier alpha value is -2.34. The maximum Gasteiger partial charge on any atom is 0.178 e. The average molecular weight is 350 g/mol. The molecule has 0 amide bonds. The number of allylic oxidation sites excluding steroid dienone is 4.